The molecular formula is C91H158N6O17. The van der Waals surface area contributed by atoms with Crippen molar-refractivity contribution >= 4 is 35.8 Å². The van der Waals surface area contributed by atoms with Gasteiger partial charge in [-0.15, -0.1) is 0 Å². The van der Waals surface area contributed by atoms with Crippen molar-refractivity contribution in [3.8, 4) is 0 Å². The summed E-state index contributed by atoms with van der Waals surface area (Å²) in [6.07, 6.45) is 6.91. The van der Waals surface area contributed by atoms with E-state index in [1.807, 2.05) is 159 Å². The van der Waals surface area contributed by atoms with Crippen LogP contribution in [-0.4, -0.2) is 202 Å². The number of benzene rings is 1. The molecule has 7 rings (SSSR count). The third-order valence-electron chi connectivity index (χ3n) is 27.6. The molecule has 6 saturated heterocycles. The molecule has 5 N–H and O–H groups in total. The second-order valence-electron chi connectivity index (χ2n) is 43.7. The maximum atomic E-state index is 15.8. The summed E-state index contributed by atoms with van der Waals surface area (Å²) in [6.45, 7) is 52.8. The zero-order valence-electron chi connectivity index (χ0n) is 76.2. The first-order valence-corrected chi connectivity index (χ1v) is 43.7. The minimum atomic E-state index is -1.79. The summed E-state index contributed by atoms with van der Waals surface area (Å²) < 4.78 is 40.0. The quantitative estimate of drug-likeness (QED) is 0.0248. The molecule has 1 aromatic carbocycles. The molecule has 114 heavy (non-hydrogen) atoms. The molecule has 0 aromatic heterocycles. The Morgan fingerprint density at radius 3 is 0.693 bits per heavy atom. The predicted molar refractivity (Wildman–Crippen MR) is 441 cm³/mol. The second kappa shape index (κ2) is 35.7. The van der Waals surface area contributed by atoms with E-state index in [2.05, 4.69) is 57.8 Å². The van der Waals surface area contributed by atoms with Crippen LogP contribution < -0.4 is 0 Å². The topological polar surface area (TPSA) is 278 Å². The Morgan fingerprint density at radius 1 is 0.298 bits per heavy atom. The molecule has 6 aliphatic heterocycles. The highest BCUT2D eigenvalue weighted by atomic mass is 16.6. The van der Waals surface area contributed by atoms with E-state index in [-0.39, 0.29) is 49.6 Å². The van der Waals surface area contributed by atoms with Crippen LogP contribution in [0.1, 0.15) is 377 Å². The van der Waals surface area contributed by atoms with E-state index < -0.39 is 144 Å². The molecule has 0 spiro atoms. The largest absolute Gasteiger partial charge is 0.461 e. The summed E-state index contributed by atoms with van der Waals surface area (Å²) in [6, 6.07) is 6.27. The molecule has 6 aliphatic rings. The minimum Gasteiger partial charge on any atom is -0.461 e. The summed E-state index contributed by atoms with van der Waals surface area (Å²) in [5.74, 6) is -3.92. The van der Waals surface area contributed by atoms with Gasteiger partial charge in [0, 0.05) is 144 Å². The summed E-state index contributed by atoms with van der Waals surface area (Å²) in [5.41, 5.74) is -11.0. The number of piperidine rings is 6. The van der Waals surface area contributed by atoms with Gasteiger partial charge in [-0.2, -0.15) is 25.3 Å². The normalized spacial score (nSPS) is 24.9. The Hall–Kier alpha value is -4.40. The van der Waals surface area contributed by atoms with Crippen molar-refractivity contribution in [2.75, 3.05) is 7.05 Å². The molecule has 0 aliphatic carbocycles. The number of ether oxygens (including phenoxy) is 6. The number of esters is 6. The highest BCUT2D eigenvalue weighted by Gasteiger charge is 2.59. The predicted octanol–water partition coefficient (Wildman–Crippen LogP) is 18.1. The molecule has 0 saturated carbocycles. The van der Waals surface area contributed by atoms with Crippen LogP contribution in [0.15, 0.2) is 18.2 Å². The summed E-state index contributed by atoms with van der Waals surface area (Å²) in [7, 11) is 2.10. The molecule has 23 nitrogen and oxygen atoms in total. The lowest BCUT2D eigenvalue weighted by molar-refractivity contribution is -0.263. The Kier molecular flexibility index (Phi) is 30.3. The molecule has 654 valence electrons. The monoisotopic (exact) mass is 1610 g/mol. The molecule has 6 heterocycles. The van der Waals surface area contributed by atoms with Crippen molar-refractivity contribution in [2.45, 2.75) is 483 Å². The van der Waals surface area contributed by atoms with Crippen molar-refractivity contribution in [3.05, 3.63) is 34.9 Å². The minimum absolute atomic E-state index is 0.0400. The lowest BCUT2D eigenvalue weighted by Gasteiger charge is -2.53. The first-order chi connectivity index (χ1) is 52.1. The molecule has 1 unspecified atom stereocenters. The third kappa shape index (κ3) is 21.8. The molecule has 0 radical (unpaired) electrons. The number of rotatable bonds is 33. The zero-order chi connectivity index (χ0) is 86.2. The van der Waals surface area contributed by atoms with E-state index in [4.69, 9.17) is 28.4 Å². The van der Waals surface area contributed by atoms with E-state index in [1.54, 1.807) is 0 Å². The number of hydrogen-bond acceptors (Lipinski definition) is 23. The van der Waals surface area contributed by atoms with Crippen molar-refractivity contribution in [2.24, 2.45) is 16.2 Å². The zero-order valence-corrected chi connectivity index (χ0v) is 76.2. The molecule has 0 bridgehead atoms. The van der Waals surface area contributed by atoms with Crippen LogP contribution in [0.25, 0.3) is 0 Å². The SMILES string of the molecule is CCCCC(CCCc1ccc(CCCC(CCCC)(C(=O)OC2CC(C)(C)N(O)C(C)(C)C2)C(=O)OC2CC(C)(C)N(O)C(C)(C)C2)cc1CCCC(CCCC)(C(=O)OC1CC(C)(C)N(O)C(C)(C)C1)C(=O)OC1CC(C)(C)N(O)C(C)(C)C1)(C(=O)OC1CC(C)(C)N(C)C(C)(C)C1)C(=O)OC1CC(C)(C)N(O)C(C)(C)C1. The fourth-order valence-corrected chi connectivity index (χ4v) is 21.6. The average Bonchev–Trinajstić information content (AvgIpc) is 0.775. The van der Waals surface area contributed by atoms with Crippen molar-refractivity contribution in [1.29, 1.82) is 0 Å². The van der Waals surface area contributed by atoms with Gasteiger partial charge in [-0.3, -0.25) is 33.7 Å². The number of aryl methyl sites for hydroxylation is 3. The van der Waals surface area contributed by atoms with Crippen molar-refractivity contribution in [1.82, 2.24) is 30.2 Å². The summed E-state index contributed by atoms with van der Waals surface area (Å²) in [5, 5.41) is 63.7. The molecule has 23 heteroatoms. The first kappa shape index (κ1) is 96.7. The van der Waals surface area contributed by atoms with Gasteiger partial charge in [0.1, 0.15) is 36.6 Å². The van der Waals surface area contributed by atoms with Crippen LogP contribution in [-0.2, 0) is 76.5 Å². The maximum Gasteiger partial charge on any atom is 0.323 e. The lowest BCUT2D eigenvalue weighted by Crippen LogP contribution is -2.61. The molecule has 1 atom stereocenters. The third-order valence-corrected chi connectivity index (χ3v) is 27.6. The lowest BCUT2D eigenvalue weighted by atomic mass is 9.75. The molecule has 1 aromatic rings. The molecule has 0 amide bonds. The average molecular weight is 1610 g/mol. The van der Waals surface area contributed by atoms with Crippen LogP contribution in [0.2, 0.25) is 0 Å². The number of unbranched alkanes of at least 4 members (excludes halogenated alkanes) is 3. The van der Waals surface area contributed by atoms with Crippen LogP contribution in [0.4, 0.5) is 0 Å². The van der Waals surface area contributed by atoms with E-state index in [9.17, 15) is 26.0 Å². The van der Waals surface area contributed by atoms with E-state index in [1.165, 1.54) is 25.3 Å². The van der Waals surface area contributed by atoms with Gasteiger partial charge in [0.15, 0.2) is 16.2 Å². The van der Waals surface area contributed by atoms with E-state index in [0.717, 1.165) is 16.7 Å². The van der Waals surface area contributed by atoms with E-state index >= 15 is 28.8 Å². The number of nitrogens with zero attached hydrogens (tertiary/aromatic N) is 6. The van der Waals surface area contributed by atoms with E-state index in [0.29, 0.717) is 154 Å². The van der Waals surface area contributed by atoms with Crippen molar-refractivity contribution in [3.63, 3.8) is 0 Å². The number of carbonyl (C=O) groups excluding carboxylic acids is 6. The van der Waals surface area contributed by atoms with Gasteiger partial charge >= 0.3 is 35.8 Å². The van der Waals surface area contributed by atoms with Crippen molar-refractivity contribution < 1.29 is 83.2 Å². The Labute approximate surface area is 686 Å². The van der Waals surface area contributed by atoms with Gasteiger partial charge in [-0.05, 0) is 267 Å². The highest BCUT2D eigenvalue weighted by Crippen LogP contribution is 2.50. The van der Waals surface area contributed by atoms with Crippen LogP contribution in [0, 0.1) is 16.2 Å². The van der Waals surface area contributed by atoms with Gasteiger partial charge in [0.05, 0.1) is 0 Å². The Balaban J connectivity index is 1.34. The number of hydroxylamine groups is 10. The first-order valence-electron chi connectivity index (χ1n) is 43.7. The standard InChI is InChI=1S/C91H158N6O17/c1-29-32-43-89(71(98)110-66-52-79(8,9)93(104)80(10,11)53-66,72(99)111-67-54-81(12,13)94(105)82(14,15)55-67)46-35-38-62-41-42-63(39-36-47-90(44-33-30-2,73(100)109-65-50-77(4,5)92(28)78(6,7)51-65)74(101)112-68-56-83(16,17)95(106)84(18,19)57-68)64(49-62)40-37-48-91(45-34-31-3,75(102)113-69-58-85(20,21)96(107)86(22,23)59-69)76(103)114-70-60-87(24,25)97(108)88(26,27)61-70/h41-42,49,65-70,104-108H,29-40,43-48,50-61H2,1-28H3. The summed E-state index contributed by atoms with van der Waals surface area (Å²) >= 11 is 0. The fourth-order valence-electron chi connectivity index (χ4n) is 21.6. The van der Waals surface area contributed by atoms with Gasteiger partial charge in [0.25, 0.3) is 0 Å². The molecular weight excluding hydrogens is 1450 g/mol. The Bertz CT molecular complexity index is 3200. The second-order valence-corrected chi connectivity index (χ2v) is 43.7. The number of carbonyl (C=O) groups is 6. The fraction of sp³-hybridized carbons (Fsp3) is 0.868. The highest BCUT2D eigenvalue weighted by molar-refractivity contribution is 6.01. The summed E-state index contributed by atoms with van der Waals surface area (Å²) in [4.78, 5) is 96.8. The maximum absolute atomic E-state index is 15.8. The van der Waals surface area contributed by atoms with Gasteiger partial charge in [0.2, 0.25) is 0 Å². The van der Waals surface area contributed by atoms with Crippen LogP contribution in [0.3, 0.4) is 0 Å². The van der Waals surface area contributed by atoms with Gasteiger partial charge < -0.3 is 54.5 Å². The van der Waals surface area contributed by atoms with Crippen LogP contribution in [0.5, 0.6) is 0 Å². The number of likely N-dealkylation sites (tertiary alicyclic amines) is 1. The van der Waals surface area contributed by atoms with Gasteiger partial charge in [-0.25, -0.2) is 0 Å². The molecule has 6 fully saturated rings. The smallest absolute Gasteiger partial charge is 0.323 e. The van der Waals surface area contributed by atoms with Crippen LogP contribution >= 0.6 is 0 Å². The number of hydrogen-bond donors (Lipinski definition) is 5. The Morgan fingerprint density at radius 2 is 0.482 bits per heavy atom. The van der Waals surface area contributed by atoms with Gasteiger partial charge in [-0.1, -0.05) is 77.5 Å².